The number of aromatic hydroxyl groups is 1. The van der Waals surface area contributed by atoms with E-state index in [4.69, 9.17) is 9.47 Å². The van der Waals surface area contributed by atoms with Gasteiger partial charge in [0.15, 0.2) is 11.5 Å². The van der Waals surface area contributed by atoms with Gasteiger partial charge in [0.2, 0.25) is 5.75 Å². The minimum atomic E-state index is 0.0177. The van der Waals surface area contributed by atoms with Crippen molar-refractivity contribution in [1.82, 2.24) is 10.3 Å². The van der Waals surface area contributed by atoms with Gasteiger partial charge < -0.3 is 19.9 Å². The van der Waals surface area contributed by atoms with E-state index in [9.17, 15) is 5.11 Å². The van der Waals surface area contributed by atoms with Gasteiger partial charge in [-0.2, -0.15) is 0 Å². The Morgan fingerprint density at radius 3 is 2.33 bits per heavy atom. The quantitative estimate of drug-likeness (QED) is 0.854. The summed E-state index contributed by atoms with van der Waals surface area (Å²) in [6.45, 7) is 3.27. The Morgan fingerprint density at radius 2 is 1.76 bits per heavy atom. The highest BCUT2D eigenvalue weighted by atomic mass is 16.5. The van der Waals surface area contributed by atoms with Gasteiger partial charge in [-0.3, -0.25) is 4.98 Å². The Kier molecular flexibility index (Phi) is 5.00. The number of ether oxygens (including phenoxy) is 2. The lowest BCUT2D eigenvalue weighted by atomic mass is 10.1. The fraction of sp³-hybridized carbons (Fsp3) is 0.312. The number of phenols is 1. The highest BCUT2D eigenvalue weighted by Gasteiger charge is 2.10. The van der Waals surface area contributed by atoms with Crippen LogP contribution in [0.2, 0.25) is 0 Å². The molecule has 1 aromatic carbocycles. The molecule has 0 saturated carbocycles. The molecule has 0 spiro atoms. The smallest absolute Gasteiger partial charge is 0.200 e. The number of hydrogen-bond acceptors (Lipinski definition) is 5. The first kappa shape index (κ1) is 15.1. The van der Waals surface area contributed by atoms with Crippen LogP contribution in [0, 0.1) is 6.92 Å². The van der Waals surface area contributed by atoms with Gasteiger partial charge in [-0.25, -0.2) is 0 Å². The van der Waals surface area contributed by atoms with Crippen molar-refractivity contribution in [3.63, 3.8) is 0 Å². The van der Waals surface area contributed by atoms with Crippen molar-refractivity contribution in [2.75, 3.05) is 14.2 Å². The molecular formula is C16H20N2O3. The van der Waals surface area contributed by atoms with Gasteiger partial charge in [-0.1, -0.05) is 6.07 Å². The number of nitrogens with one attached hydrogen (secondary N) is 1. The maximum atomic E-state index is 9.87. The maximum Gasteiger partial charge on any atom is 0.200 e. The first-order valence-electron chi connectivity index (χ1n) is 6.71. The van der Waals surface area contributed by atoms with Gasteiger partial charge in [0.1, 0.15) is 0 Å². The fourth-order valence-corrected chi connectivity index (χ4v) is 2.08. The summed E-state index contributed by atoms with van der Waals surface area (Å²) in [4.78, 5) is 4.43. The first-order valence-corrected chi connectivity index (χ1v) is 6.71. The van der Waals surface area contributed by atoms with E-state index >= 15 is 0 Å². The molecule has 5 nitrogen and oxygen atoms in total. The molecule has 0 bridgehead atoms. The van der Waals surface area contributed by atoms with Crippen molar-refractivity contribution >= 4 is 0 Å². The lowest BCUT2D eigenvalue weighted by molar-refractivity contribution is 0.339. The maximum absolute atomic E-state index is 9.87. The van der Waals surface area contributed by atoms with E-state index < -0.39 is 0 Å². The molecule has 0 amide bonds. The highest BCUT2D eigenvalue weighted by molar-refractivity contribution is 5.52. The summed E-state index contributed by atoms with van der Waals surface area (Å²) in [5, 5.41) is 13.2. The first-order chi connectivity index (χ1) is 10.1. The second-order valence-electron chi connectivity index (χ2n) is 4.72. The molecule has 0 saturated heterocycles. The largest absolute Gasteiger partial charge is 0.502 e. The summed E-state index contributed by atoms with van der Waals surface area (Å²) in [5.41, 5.74) is 2.96. The van der Waals surface area contributed by atoms with Gasteiger partial charge in [-0.15, -0.1) is 0 Å². The number of nitrogens with zero attached hydrogens (tertiary/aromatic N) is 1. The minimum absolute atomic E-state index is 0.0177. The number of pyridine rings is 1. The van der Waals surface area contributed by atoms with Gasteiger partial charge in [0.05, 0.1) is 19.9 Å². The van der Waals surface area contributed by atoms with Crippen LogP contribution in [0.25, 0.3) is 0 Å². The van der Waals surface area contributed by atoms with Crippen molar-refractivity contribution in [3.8, 4) is 17.2 Å². The van der Waals surface area contributed by atoms with Crippen LogP contribution in [0.3, 0.4) is 0 Å². The number of phenolic OH excluding ortho intramolecular Hbond substituents is 1. The predicted octanol–water partition coefficient (Wildman–Crippen LogP) is 2.40. The van der Waals surface area contributed by atoms with Gasteiger partial charge in [0, 0.05) is 18.8 Å². The van der Waals surface area contributed by atoms with Crippen molar-refractivity contribution in [2.24, 2.45) is 0 Å². The third-order valence-corrected chi connectivity index (χ3v) is 3.12. The molecule has 0 aliphatic rings. The standard InChI is InChI=1S/C16H20N2O3/c1-11-5-4-6-13(18-11)10-17-9-12-7-14(20-2)16(19)15(8-12)21-3/h4-8,17,19H,9-10H2,1-3H3. The molecule has 21 heavy (non-hydrogen) atoms. The lowest BCUT2D eigenvalue weighted by Gasteiger charge is -2.12. The second-order valence-corrected chi connectivity index (χ2v) is 4.72. The van der Waals surface area contributed by atoms with Crippen LogP contribution < -0.4 is 14.8 Å². The van der Waals surface area contributed by atoms with Crippen molar-refractivity contribution in [3.05, 3.63) is 47.3 Å². The van der Waals surface area contributed by atoms with E-state index in [-0.39, 0.29) is 5.75 Å². The molecule has 0 aliphatic heterocycles. The second kappa shape index (κ2) is 6.95. The molecule has 2 rings (SSSR count). The Bertz CT molecular complexity index is 589. The van der Waals surface area contributed by atoms with Gasteiger partial charge in [0.25, 0.3) is 0 Å². The average molecular weight is 288 g/mol. The zero-order valence-corrected chi connectivity index (χ0v) is 12.5. The van der Waals surface area contributed by atoms with E-state index in [1.54, 1.807) is 12.1 Å². The fourth-order valence-electron chi connectivity index (χ4n) is 2.08. The van der Waals surface area contributed by atoms with Crippen LogP contribution in [0.5, 0.6) is 17.2 Å². The Labute approximate surface area is 124 Å². The normalized spacial score (nSPS) is 10.4. The van der Waals surface area contributed by atoms with Crippen LogP contribution in [0.4, 0.5) is 0 Å². The molecular weight excluding hydrogens is 268 g/mol. The summed E-state index contributed by atoms with van der Waals surface area (Å²) >= 11 is 0. The number of rotatable bonds is 6. The molecule has 0 fully saturated rings. The number of methoxy groups -OCH3 is 2. The molecule has 112 valence electrons. The molecule has 0 atom stereocenters. The van der Waals surface area contributed by atoms with Crippen molar-refractivity contribution in [2.45, 2.75) is 20.0 Å². The summed E-state index contributed by atoms with van der Waals surface area (Å²) in [7, 11) is 3.03. The van der Waals surface area contributed by atoms with Crippen LogP contribution in [0.1, 0.15) is 17.0 Å². The van der Waals surface area contributed by atoms with E-state index in [1.165, 1.54) is 14.2 Å². The van der Waals surface area contributed by atoms with E-state index in [0.29, 0.717) is 24.6 Å². The van der Waals surface area contributed by atoms with E-state index in [1.807, 2.05) is 25.1 Å². The molecule has 2 N–H and O–H groups in total. The minimum Gasteiger partial charge on any atom is -0.502 e. The summed E-state index contributed by atoms with van der Waals surface area (Å²) in [6.07, 6.45) is 0. The van der Waals surface area contributed by atoms with Crippen LogP contribution in [-0.2, 0) is 13.1 Å². The highest BCUT2D eigenvalue weighted by Crippen LogP contribution is 2.36. The number of aromatic nitrogens is 1. The van der Waals surface area contributed by atoms with Crippen molar-refractivity contribution < 1.29 is 14.6 Å². The predicted molar refractivity (Wildman–Crippen MR) is 80.7 cm³/mol. The Balaban J connectivity index is 2.03. The molecule has 0 radical (unpaired) electrons. The lowest BCUT2D eigenvalue weighted by Crippen LogP contribution is -2.14. The monoisotopic (exact) mass is 288 g/mol. The average Bonchev–Trinajstić information content (AvgIpc) is 2.48. The third kappa shape index (κ3) is 3.86. The molecule has 1 aromatic heterocycles. The zero-order chi connectivity index (χ0) is 15.2. The number of aryl methyl sites for hydroxylation is 1. The van der Waals surface area contributed by atoms with Crippen LogP contribution in [0.15, 0.2) is 30.3 Å². The molecule has 2 aromatic rings. The van der Waals surface area contributed by atoms with Crippen LogP contribution >= 0.6 is 0 Å². The topological polar surface area (TPSA) is 63.6 Å². The van der Waals surface area contributed by atoms with Crippen molar-refractivity contribution in [1.29, 1.82) is 0 Å². The van der Waals surface area contributed by atoms with Crippen LogP contribution in [-0.4, -0.2) is 24.3 Å². The molecule has 0 unspecified atom stereocenters. The Morgan fingerprint density at radius 1 is 1.10 bits per heavy atom. The van der Waals surface area contributed by atoms with Gasteiger partial charge in [-0.05, 0) is 36.8 Å². The van der Waals surface area contributed by atoms with Gasteiger partial charge >= 0.3 is 0 Å². The van der Waals surface area contributed by atoms with E-state index in [2.05, 4.69) is 10.3 Å². The molecule has 5 heteroatoms. The SMILES string of the molecule is COc1cc(CNCc2cccc(C)n2)cc(OC)c1O. The summed E-state index contributed by atoms with van der Waals surface area (Å²) in [5.74, 6) is 0.823. The third-order valence-electron chi connectivity index (χ3n) is 3.12. The molecule has 0 aliphatic carbocycles. The zero-order valence-electron chi connectivity index (χ0n) is 12.5. The molecule has 1 heterocycles. The Hall–Kier alpha value is -2.27. The van der Waals surface area contributed by atoms with E-state index in [0.717, 1.165) is 17.0 Å². The number of hydrogen-bond donors (Lipinski definition) is 2. The number of benzene rings is 1. The summed E-state index contributed by atoms with van der Waals surface area (Å²) < 4.78 is 10.3. The summed E-state index contributed by atoms with van der Waals surface area (Å²) in [6, 6.07) is 9.52.